The van der Waals surface area contributed by atoms with E-state index in [4.69, 9.17) is 19.9 Å². The second-order valence-corrected chi connectivity index (χ2v) is 9.98. The summed E-state index contributed by atoms with van der Waals surface area (Å²) >= 11 is 0. The lowest BCUT2D eigenvalue weighted by Crippen LogP contribution is -2.20. The first kappa shape index (κ1) is 34.5. The van der Waals surface area contributed by atoms with Crippen molar-refractivity contribution in [2.45, 2.75) is 12.8 Å². The van der Waals surface area contributed by atoms with Gasteiger partial charge in [-0.25, -0.2) is 21.8 Å². The Kier molecular flexibility index (Phi) is 12.9. The van der Waals surface area contributed by atoms with E-state index in [1.165, 1.54) is 71.9 Å². The van der Waals surface area contributed by atoms with Crippen LogP contribution in [0.2, 0.25) is 0 Å². The van der Waals surface area contributed by atoms with E-state index < -0.39 is 23.6 Å². The highest BCUT2D eigenvalue weighted by molar-refractivity contribution is 5.98. The Bertz CT molecular complexity index is 1610. The fourth-order valence-electron chi connectivity index (χ4n) is 4.02. The molecule has 0 saturated carbocycles. The predicted molar refractivity (Wildman–Crippen MR) is 175 cm³/mol. The zero-order valence-electron chi connectivity index (χ0n) is 25.5. The van der Waals surface area contributed by atoms with Crippen molar-refractivity contribution >= 4 is 36.1 Å². The second-order valence-electron chi connectivity index (χ2n) is 9.98. The molecule has 4 aromatic carbocycles. The van der Waals surface area contributed by atoms with Crippen molar-refractivity contribution in [2.24, 2.45) is 10.2 Å². The lowest BCUT2D eigenvalue weighted by Gasteiger charge is -2.08. The molecule has 0 fully saturated rings. The van der Waals surface area contributed by atoms with E-state index in [0.717, 1.165) is 24.0 Å². The molecule has 246 valence electrons. The van der Waals surface area contributed by atoms with Crippen molar-refractivity contribution in [2.75, 3.05) is 13.2 Å². The van der Waals surface area contributed by atoms with Gasteiger partial charge >= 0.3 is 0 Å². The maximum atomic E-state index is 12.2. The smallest absolute Gasteiger partial charge is 0.274 e. The van der Waals surface area contributed by atoms with Crippen LogP contribution in [-0.4, -0.2) is 59.7 Å². The van der Waals surface area contributed by atoms with E-state index in [-0.39, 0.29) is 11.1 Å². The molecule has 4 aromatic rings. The van der Waals surface area contributed by atoms with Crippen molar-refractivity contribution in [3.8, 4) is 11.5 Å². The number of amides is 4. The monoisotopic (exact) mass is 652 g/mol. The molecule has 14 heteroatoms. The maximum absolute atomic E-state index is 12.2. The van der Waals surface area contributed by atoms with E-state index in [1.54, 1.807) is 48.5 Å². The first-order valence-electron chi connectivity index (χ1n) is 14.6. The largest absolute Gasteiger partial charge is 0.494 e. The lowest BCUT2D eigenvalue weighted by molar-refractivity contribution is 0.0702. The summed E-state index contributed by atoms with van der Waals surface area (Å²) in [7, 11) is 0. The number of carbonyl (C=O) groups excluding carboxylic acids is 4. The summed E-state index contributed by atoms with van der Waals surface area (Å²) in [6, 6.07) is 25.9. The number of benzene rings is 4. The average molecular weight is 653 g/mol. The van der Waals surface area contributed by atoms with Gasteiger partial charge < -0.3 is 9.47 Å². The number of rotatable bonds is 15. The quantitative estimate of drug-likeness (QED) is 0.0483. The number of nitrogens with zero attached hydrogens (tertiary/aromatic N) is 2. The fourth-order valence-corrected chi connectivity index (χ4v) is 4.02. The number of hydrazone groups is 2. The number of nitrogens with one attached hydrogen (secondary N) is 4. The van der Waals surface area contributed by atoms with Gasteiger partial charge in [0.25, 0.3) is 23.6 Å². The van der Waals surface area contributed by atoms with Gasteiger partial charge in [0.05, 0.1) is 25.6 Å². The number of hydroxylamine groups is 2. The summed E-state index contributed by atoms with van der Waals surface area (Å²) in [6.45, 7) is 1.02. The van der Waals surface area contributed by atoms with Crippen LogP contribution in [0.4, 0.5) is 0 Å². The van der Waals surface area contributed by atoms with Gasteiger partial charge in [0.15, 0.2) is 0 Å². The Balaban J connectivity index is 1.09. The topological polar surface area (TPSA) is 200 Å². The summed E-state index contributed by atoms with van der Waals surface area (Å²) in [5.74, 6) is -0.843. The summed E-state index contributed by atoms with van der Waals surface area (Å²) in [5, 5.41) is 25.2. The number of hydrogen-bond donors (Lipinski definition) is 6. The van der Waals surface area contributed by atoms with E-state index in [9.17, 15) is 19.2 Å². The van der Waals surface area contributed by atoms with Crippen molar-refractivity contribution in [3.05, 3.63) is 130 Å². The van der Waals surface area contributed by atoms with Crippen LogP contribution in [0.1, 0.15) is 65.4 Å². The number of hydrogen-bond acceptors (Lipinski definition) is 10. The van der Waals surface area contributed by atoms with E-state index >= 15 is 0 Å². The van der Waals surface area contributed by atoms with Crippen LogP contribution >= 0.6 is 0 Å². The molecule has 0 aliphatic carbocycles. The minimum Gasteiger partial charge on any atom is -0.494 e. The molecular weight excluding hydrogens is 620 g/mol. The average Bonchev–Trinajstić information content (AvgIpc) is 3.13. The Morgan fingerprint density at radius 2 is 0.812 bits per heavy atom. The normalized spacial score (nSPS) is 10.8. The van der Waals surface area contributed by atoms with Gasteiger partial charge in [-0.15, -0.1) is 0 Å². The van der Waals surface area contributed by atoms with Crippen LogP contribution in [0.3, 0.4) is 0 Å². The highest BCUT2D eigenvalue weighted by Crippen LogP contribution is 2.14. The third-order valence-corrected chi connectivity index (χ3v) is 6.62. The molecule has 4 rings (SSSR count). The van der Waals surface area contributed by atoms with Gasteiger partial charge in [-0.1, -0.05) is 0 Å². The molecule has 0 aliphatic heterocycles. The van der Waals surface area contributed by atoms with Crippen molar-refractivity contribution < 1.29 is 39.1 Å². The SMILES string of the molecule is O=C(NO)c1ccc(C(=O)N/N=C/c2ccc(OCCCCOc3ccc(/C=N/NC(=O)c4ccc(C(=O)NO)cc4)cc3)cc2)cc1. The zero-order valence-corrected chi connectivity index (χ0v) is 25.5. The number of carbonyl (C=O) groups is 4. The molecule has 0 saturated heterocycles. The summed E-state index contributed by atoms with van der Waals surface area (Å²) in [6.07, 6.45) is 4.55. The number of ether oxygens (including phenoxy) is 2. The summed E-state index contributed by atoms with van der Waals surface area (Å²) in [4.78, 5) is 47.2. The Morgan fingerprint density at radius 1 is 0.500 bits per heavy atom. The second kappa shape index (κ2) is 17.9. The standard InChI is InChI=1S/C34H32N6O8/c41-31(25-7-11-27(12-8-25)33(43)39-45)37-35-21-23-3-15-29(16-4-23)47-19-1-2-20-48-30-17-5-24(6-18-30)22-36-38-32(42)26-9-13-28(14-10-26)34(44)40-46/h3-18,21-22,45-46H,1-2,19-20H2,(H,37,41)(H,38,42)(H,39,43)(H,40,44)/b35-21+,36-22+. The van der Waals surface area contributed by atoms with E-state index in [2.05, 4.69) is 21.1 Å². The fraction of sp³-hybridized carbons (Fsp3) is 0.118. The molecule has 0 bridgehead atoms. The van der Waals surface area contributed by atoms with Gasteiger partial charge in [-0.2, -0.15) is 10.2 Å². The van der Waals surface area contributed by atoms with Crippen LogP contribution < -0.4 is 31.3 Å². The highest BCUT2D eigenvalue weighted by atomic mass is 16.5. The highest BCUT2D eigenvalue weighted by Gasteiger charge is 2.09. The molecule has 6 N–H and O–H groups in total. The molecule has 0 aromatic heterocycles. The first-order chi connectivity index (χ1) is 23.4. The molecule has 0 unspecified atom stereocenters. The summed E-state index contributed by atoms with van der Waals surface area (Å²) < 4.78 is 11.6. The zero-order chi connectivity index (χ0) is 34.1. The third-order valence-electron chi connectivity index (χ3n) is 6.62. The maximum Gasteiger partial charge on any atom is 0.274 e. The molecule has 0 aliphatic rings. The van der Waals surface area contributed by atoms with Crippen LogP contribution in [0, 0.1) is 0 Å². The van der Waals surface area contributed by atoms with E-state index in [1.807, 2.05) is 0 Å². The van der Waals surface area contributed by atoms with Crippen molar-refractivity contribution in [1.82, 2.24) is 21.8 Å². The van der Waals surface area contributed by atoms with Gasteiger partial charge in [0, 0.05) is 22.3 Å². The van der Waals surface area contributed by atoms with Gasteiger partial charge in [0.2, 0.25) is 0 Å². The van der Waals surface area contributed by atoms with Crippen LogP contribution in [0.25, 0.3) is 0 Å². The number of unbranched alkanes of at least 4 members (excludes halogenated alkanes) is 1. The molecule has 48 heavy (non-hydrogen) atoms. The molecule has 14 nitrogen and oxygen atoms in total. The van der Waals surface area contributed by atoms with Crippen molar-refractivity contribution in [3.63, 3.8) is 0 Å². The van der Waals surface area contributed by atoms with Crippen molar-refractivity contribution in [1.29, 1.82) is 0 Å². The Hall–Kier alpha value is -6.38. The van der Waals surface area contributed by atoms with Gasteiger partial charge in [-0.3, -0.25) is 29.6 Å². The first-order valence-corrected chi connectivity index (χ1v) is 14.6. The van der Waals surface area contributed by atoms with Gasteiger partial charge in [-0.05, 0) is 121 Å². The van der Waals surface area contributed by atoms with Crippen LogP contribution in [0.5, 0.6) is 11.5 Å². The molecule has 4 amide bonds. The Labute approximate surface area is 275 Å². The third kappa shape index (κ3) is 10.6. The lowest BCUT2D eigenvalue weighted by atomic mass is 10.1. The molecular formula is C34H32N6O8. The molecule has 0 heterocycles. The molecule has 0 radical (unpaired) electrons. The predicted octanol–water partition coefficient (Wildman–Crippen LogP) is 3.69. The minimum atomic E-state index is -0.670. The van der Waals surface area contributed by atoms with Crippen LogP contribution in [0.15, 0.2) is 107 Å². The van der Waals surface area contributed by atoms with Crippen LogP contribution in [-0.2, 0) is 0 Å². The molecule has 0 spiro atoms. The minimum absolute atomic E-state index is 0.214. The Morgan fingerprint density at radius 3 is 1.12 bits per heavy atom. The van der Waals surface area contributed by atoms with Gasteiger partial charge in [0.1, 0.15) is 11.5 Å². The molecule has 0 atom stereocenters. The van der Waals surface area contributed by atoms with E-state index in [0.29, 0.717) is 35.8 Å². The summed E-state index contributed by atoms with van der Waals surface area (Å²) in [5.41, 5.74) is 10.4.